The van der Waals surface area contributed by atoms with Crippen molar-refractivity contribution in [2.24, 2.45) is 0 Å². The normalized spacial score (nSPS) is 11.5. The van der Waals surface area contributed by atoms with E-state index in [1.165, 1.54) is 6.26 Å². The van der Waals surface area contributed by atoms with E-state index in [0.717, 1.165) is 26.4 Å². The fourth-order valence-corrected chi connectivity index (χ4v) is 3.88. The first-order chi connectivity index (χ1) is 9.36. The predicted molar refractivity (Wildman–Crippen MR) is 87.7 cm³/mol. The first-order valence-corrected chi connectivity index (χ1v) is 9.50. The molecular formula is C14H14BrNO2S2. The van der Waals surface area contributed by atoms with Crippen molar-refractivity contribution in [3.05, 3.63) is 52.5 Å². The quantitative estimate of drug-likeness (QED) is 0.656. The van der Waals surface area contributed by atoms with E-state index in [4.69, 9.17) is 5.73 Å². The van der Waals surface area contributed by atoms with Crippen molar-refractivity contribution in [2.75, 3.05) is 12.0 Å². The zero-order valence-corrected chi connectivity index (χ0v) is 14.1. The highest BCUT2D eigenvalue weighted by Gasteiger charge is 2.07. The lowest BCUT2D eigenvalue weighted by Gasteiger charge is -2.06. The molecule has 0 fully saturated rings. The molecule has 0 bridgehead atoms. The van der Waals surface area contributed by atoms with Crippen LogP contribution in [0.15, 0.2) is 56.7 Å². The molecule has 0 aliphatic heterocycles. The van der Waals surface area contributed by atoms with Gasteiger partial charge in [0.1, 0.15) is 0 Å². The Morgan fingerprint density at radius 1 is 1.15 bits per heavy atom. The lowest BCUT2D eigenvalue weighted by molar-refractivity contribution is 0.602. The standard InChI is InChI=1S/C14H14BrNO2S2/c1-20(17,18)13-6-4-12(5-7-13)19-9-10-2-3-11(16)8-14(10)15/h2-8H,9,16H2,1H3. The van der Waals surface area contributed by atoms with Crippen molar-refractivity contribution in [1.82, 2.24) is 0 Å². The topological polar surface area (TPSA) is 60.2 Å². The van der Waals surface area contributed by atoms with Crippen LogP contribution in [0, 0.1) is 0 Å². The van der Waals surface area contributed by atoms with Crippen molar-refractivity contribution in [1.29, 1.82) is 0 Å². The molecule has 0 saturated carbocycles. The Labute approximate surface area is 131 Å². The number of benzene rings is 2. The van der Waals surface area contributed by atoms with Crippen LogP contribution in [0.25, 0.3) is 0 Å². The number of rotatable bonds is 4. The van der Waals surface area contributed by atoms with Crippen molar-refractivity contribution >= 4 is 43.2 Å². The van der Waals surface area contributed by atoms with Gasteiger partial charge in [-0.05, 0) is 42.0 Å². The molecule has 0 unspecified atom stereocenters. The van der Waals surface area contributed by atoms with Crippen LogP contribution in [0.5, 0.6) is 0 Å². The molecule has 0 amide bonds. The van der Waals surface area contributed by atoms with Gasteiger partial charge in [-0.3, -0.25) is 0 Å². The van der Waals surface area contributed by atoms with E-state index in [1.54, 1.807) is 23.9 Å². The van der Waals surface area contributed by atoms with E-state index in [2.05, 4.69) is 15.9 Å². The molecule has 0 atom stereocenters. The maximum absolute atomic E-state index is 11.4. The molecule has 3 nitrogen and oxygen atoms in total. The number of halogens is 1. The van der Waals surface area contributed by atoms with E-state index >= 15 is 0 Å². The summed E-state index contributed by atoms with van der Waals surface area (Å²) >= 11 is 5.13. The van der Waals surface area contributed by atoms with Gasteiger partial charge in [0.05, 0.1) is 4.90 Å². The smallest absolute Gasteiger partial charge is 0.175 e. The van der Waals surface area contributed by atoms with Gasteiger partial charge in [-0.1, -0.05) is 22.0 Å². The van der Waals surface area contributed by atoms with Crippen LogP contribution in [-0.2, 0) is 15.6 Å². The first kappa shape index (κ1) is 15.4. The van der Waals surface area contributed by atoms with Gasteiger partial charge in [-0.25, -0.2) is 8.42 Å². The monoisotopic (exact) mass is 371 g/mol. The Hall–Kier alpha value is -0.980. The minimum absolute atomic E-state index is 0.343. The Kier molecular flexibility index (Phi) is 4.78. The van der Waals surface area contributed by atoms with Gasteiger partial charge < -0.3 is 5.73 Å². The van der Waals surface area contributed by atoms with E-state index in [1.807, 2.05) is 30.3 Å². The highest BCUT2D eigenvalue weighted by Crippen LogP contribution is 2.28. The van der Waals surface area contributed by atoms with Crippen molar-refractivity contribution in [3.63, 3.8) is 0 Å². The third kappa shape index (κ3) is 4.01. The van der Waals surface area contributed by atoms with Gasteiger partial charge in [-0.15, -0.1) is 11.8 Å². The SMILES string of the molecule is CS(=O)(=O)c1ccc(SCc2ccc(N)cc2Br)cc1. The molecule has 0 aromatic heterocycles. The number of anilines is 1. The Morgan fingerprint density at radius 3 is 2.35 bits per heavy atom. The molecular weight excluding hydrogens is 358 g/mol. The number of hydrogen-bond acceptors (Lipinski definition) is 4. The van der Waals surface area contributed by atoms with Gasteiger partial charge in [-0.2, -0.15) is 0 Å². The van der Waals surface area contributed by atoms with Crippen LogP contribution in [-0.4, -0.2) is 14.7 Å². The lowest BCUT2D eigenvalue weighted by atomic mass is 10.2. The van der Waals surface area contributed by atoms with E-state index < -0.39 is 9.84 Å². The minimum atomic E-state index is -3.13. The average molecular weight is 372 g/mol. The second-order valence-electron chi connectivity index (χ2n) is 4.38. The summed E-state index contributed by atoms with van der Waals surface area (Å²) in [6.07, 6.45) is 1.21. The third-order valence-electron chi connectivity index (χ3n) is 2.72. The summed E-state index contributed by atoms with van der Waals surface area (Å²) < 4.78 is 23.7. The molecule has 0 spiro atoms. The highest BCUT2D eigenvalue weighted by atomic mass is 79.9. The van der Waals surface area contributed by atoms with Crippen LogP contribution in [0.3, 0.4) is 0 Å². The maximum atomic E-state index is 11.4. The molecule has 2 aromatic carbocycles. The lowest BCUT2D eigenvalue weighted by Crippen LogP contribution is -1.96. The van der Waals surface area contributed by atoms with Crippen LogP contribution in [0.1, 0.15) is 5.56 Å². The Bertz CT molecular complexity index is 712. The molecule has 20 heavy (non-hydrogen) atoms. The predicted octanol–water partition coefficient (Wildman–Crippen LogP) is 3.73. The van der Waals surface area contributed by atoms with E-state index in [-0.39, 0.29) is 0 Å². The molecule has 6 heteroatoms. The molecule has 0 aliphatic rings. The maximum Gasteiger partial charge on any atom is 0.175 e. The number of thioether (sulfide) groups is 1. The van der Waals surface area contributed by atoms with E-state index in [9.17, 15) is 8.42 Å². The average Bonchev–Trinajstić information content (AvgIpc) is 2.37. The molecule has 2 aromatic rings. The van der Waals surface area contributed by atoms with Crippen LogP contribution >= 0.6 is 27.7 Å². The van der Waals surface area contributed by atoms with Gasteiger partial charge in [0.2, 0.25) is 0 Å². The summed E-state index contributed by atoms with van der Waals surface area (Å²) in [5.41, 5.74) is 7.57. The van der Waals surface area contributed by atoms with Gasteiger partial charge in [0.15, 0.2) is 9.84 Å². The molecule has 2 N–H and O–H groups in total. The fourth-order valence-electron chi connectivity index (χ4n) is 1.62. The summed E-state index contributed by atoms with van der Waals surface area (Å²) in [6.45, 7) is 0. The molecule has 0 radical (unpaired) electrons. The second kappa shape index (κ2) is 6.20. The van der Waals surface area contributed by atoms with Crippen molar-refractivity contribution < 1.29 is 8.42 Å². The summed E-state index contributed by atoms with van der Waals surface area (Å²) in [5, 5.41) is 0. The molecule has 0 saturated heterocycles. The molecule has 106 valence electrons. The van der Waals surface area contributed by atoms with Crippen LogP contribution in [0.4, 0.5) is 5.69 Å². The number of sulfone groups is 1. The second-order valence-corrected chi connectivity index (χ2v) is 8.30. The largest absolute Gasteiger partial charge is 0.399 e. The van der Waals surface area contributed by atoms with Gasteiger partial charge in [0, 0.05) is 27.1 Å². The van der Waals surface area contributed by atoms with Crippen LogP contribution in [0.2, 0.25) is 0 Å². The highest BCUT2D eigenvalue weighted by molar-refractivity contribution is 9.10. The summed E-state index contributed by atoms with van der Waals surface area (Å²) in [5.74, 6) is 0.791. The Morgan fingerprint density at radius 2 is 1.80 bits per heavy atom. The summed E-state index contributed by atoms with van der Waals surface area (Å²) in [6, 6.07) is 12.7. The summed E-state index contributed by atoms with van der Waals surface area (Å²) in [7, 11) is -3.13. The third-order valence-corrected chi connectivity index (χ3v) is 5.65. The van der Waals surface area contributed by atoms with Gasteiger partial charge >= 0.3 is 0 Å². The number of nitrogen functional groups attached to an aromatic ring is 1. The molecule has 0 aliphatic carbocycles. The Balaban J connectivity index is 2.08. The van der Waals surface area contributed by atoms with Gasteiger partial charge in [0.25, 0.3) is 0 Å². The zero-order chi connectivity index (χ0) is 14.8. The van der Waals surface area contributed by atoms with Crippen molar-refractivity contribution in [2.45, 2.75) is 15.5 Å². The van der Waals surface area contributed by atoms with E-state index in [0.29, 0.717) is 4.90 Å². The molecule has 2 rings (SSSR count). The number of nitrogens with two attached hydrogens (primary N) is 1. The number of hydrogen-bond donors (Lipinski definition) is 1. The van der Waals surface area contributed by atoms with Crippen LogP contribution < -0.4 is 5.73 Å². The summed E-state index contributed by atoms with van der Waals surface area (Å²) in [4.78, 5) is 1.37. The first-order valence-electron chi connectivity index (χ1n) is 5.83. The fraction of sp³-hybridized carbons (Fsp3) is 0.143. The minimum Gasteiger partial charge on any atom is -0.399 e. The zero-order valence-electron chi connectivity index (χ0n) is 10.8. The van der Waals surface area contributed by atoms with Crippen molar-refractivity contribution in [3.8, 4) is 0 Å². The molecule has 0 heterocycles.